The van der Waals surface area contributed by atoms with Crippen molar-refractivity contribution >= 4 is 58.4 Å². The molecule has 6 aliphatic rings. The molecule has 0 bridgehead atoms. The lowest BCUT2D eigenvalue weighted by Gasteiger charge is -2.41. The summed E-state index contributed by atoms with van der Waals surface area (Å²) in [5.74, 6) is 2.29. The summed E-state index contributed by atoms with van der Waals surface area (Å²) in [4.78, 5) is 87.4. The van der Waals surface area contributed by atoms with Crippen LogP contribution >= 0.6 is 23.2 Å². The quantitative estimate of drug-likeness (QED) is 0.185. The minimum absolute atomic E-state index is 0.0910. The standard InChI is InChI=1S/2C28H40ClN3O3/c2*1-19-16-30(10-11-32(19)28(35)23-6-4-5-7-23)18-25-14-26(29)13-24(20(25)2)15-27(34)12-22-8-9-31(17-22)21(3)33/h2*13-14,19,22-23H,4-12,15-18H2,1-3H3/t19-,22+;19-,22-/m00/s1. The molecule has 384 valence electrons. The highest BCUT2D eigenvalue weighted by Crippen LogP contribution is 2.32. The summed E-state index contributed by atoms with van der Waals surface area (Å²) in [5, 5.41) is 1.33. The van der Waals surface area contributed by atoms with Crippen LogP contribution in [-0.4, -0.2) is 142 Å². The Bertz CT molecular complexity index is 2070. The second-order valence-corrected chi connectivity index (χ2v) is 22.8. The molecular formula is C56H80Cl2N6O6. The first-order valence-electron chi connectivity index (χ1n) is 26.6. The van der Waals surface area contributed by atoms with Crippen molar-refractivity contribution in [2.75, 3.05) is 65.4 Å². The zero-order valence-electron chi connectivity index (χ0n) is 43.0. The first-order chi connectivity index (χ1) is 33.4. The maximum absolute atomic E-state index is 12.9. The molecule has 8 rings (SSSR count). The first kappa shape index (κ1) is 53.9. The molecule has 0 spiro atoms. The van der Waals surface area contributed by atoms with Crippen LogP contribution in [0.3, 0.4) is 0 Å². The van der Waals surface area contributed by atoms with Crippen LogP contribution in [0.15, 0.2) is 24.3 Å². The predicted octanol–water partition coefficient (Wildman–Crippen LogP) is 8.48. The number of ketones is 2. The van der Waals surface area contributed by atoms with Crippen molar-refractivity contribution in [2.24, 2.45) is 23.7 Å². The molecule has 6 fully saturated rings. The van der Waals surface area contributed by atoms with Crippen LogP contribution in [0.25, 0.3) is 0 Å². The summed E-state index contributed by atoms with van der Waals surface area (Å²) in [6.07, 6.45) is 12.5. The number of benzene rings is 2. The van der Waals surface area contributed by atoms with Gasteiger partial charge in [-0.3, -0.25) is 38.6 Å². The summed E-state index contributed by atoms with van der Waals surface area (Å²) >= 11 is 13.0. The lowest BCUT2D eigenvalue weighted by atomic mass is 9.93. The molecule has 2 saturated carbocycles. The van der Waals surface area contributed by atoms with Crippen molar-refractivity contribution in [2.45, 2.75) is 157 Å². The van der Waals surface area contributed by atoms with Crippen LogP contribution in [0.4, 0.5) is 0 Å². The molecule has 0 aromatic heterocycles. The van der Waals surface area contributed by atoms with Gasteiger partial charge < -0.3 is 19.6 Å². The molecule has 4 saturated heterocycles. The maximum atomic E-state index is 12.9. The molecule has 4 amide bonds. The van der Waals surface area contributed by atoms with Crippen molar-refractivity contribution in [1.82, 2.24) is 29.4 Å². The Morgan fingerprint density at radius 1 is 0.500 bits per heavy atom. The molecule has 70 heavy (non-hydrogen) atoms. The van der Waals surface area contributed by atoms with E-state index in [9.17, 15) is 28.8 Å². The number of nitrogens with zero attached hydrogens (tertiary/aromatic N) is 6. The van der Waals surface area contributed by atoms with Gasteiger partial charge in [-0.15, -0.1) is 0 Å². The number of rotatable bonds is 14. The van der Waals surface area contributed by atoms with E-state index < -0.39 is 0 Å². The van der Waals surface area contributed by atoms with Gasteiger partial charge in [0.05, 0.1) is 0 Å². The Balaban J connectivity index is 0.000000206. The molecule has 2 aromatic rings. The average Bonchev–Trinajstić information content (AvgIpc) is 4.16. The van der Waals surface area contributed by atoms with Gasteiger partial charge in [0.2, 0.25) is 23.6 Å². The van der Waals surface area contributed by atoms with E-state index in [1.807, 2.05) is 34.1 Å². The third-order valence-electron chi connectivity index (χ3n) is 16.6. The van der Waals surface area contributed by atoms with E-state index in [1.165, 1.54) is 25.7 Å². The summed E-state index contributed by atoms with van der Waals surface area (Å²) in [5.41, 5.74) is 6.59. The van der Waals surface area contributed by atoms with Crippen LogP contribution in [0.5, 0.6) is 0 Å². The van der Waals surface area contributed by atoms with Gasteiger partial charge in [-0.1, -0.05) is 48.9 Å². The van der Waals surface area contributed by atoms with Crippen molar-refractivity contribution < 1.29 is 28.8 Å². The van der Waals surface area contributed by atoms with E-state index in [1.54, 1.807) is 13.8 Å². The fraction of sp³-hybridized carbons (Fsp3) is 0.679. The van der Waals surface area contributed by atoms with Gasteiger partial charge in [0.1, 0.15) is 11.6 Å². The van der Waals surface area contributed by atoms with Crippen molar-refractivity contribution in [3.8, 4) is 0 Å². The topological polar surface area (TPSA) is 122 Å². The Labute approximate surface area is 428 Å². The highest BCUT2D eigenvalue weighted by molar-refractivity contribution is 6.31. The molecule has 2 aliphatic carbocycles. The Morgan fingerprint density at radius 2 is 0.857 bits per heavy atom. The number of Topliss-reactive ketones (excluding diaryl/α,β-unsaturated/α-hetero) is 2. The lowest BCUT2D eigenvalue weighted by Crippen LogP contribution is -2.54. The Kier molecular flexibility index (Phi) is 19.1. The Hall–Kier alpha value is -3.84. The number of carbonyl (C=O) groups is 6. The number of hydrogen-bond acceptors (Lipinski definition) is 8. The van der Waals surface area contributed by atoms with E-state index in [0.29, 0.717) is 60.6 Å². The van der Waals surface area contributed by atoms with Crippen LogP contribution in [0.1, 0.15) is 138 Å². The van der Waals surface area contributed by atoms with Crippen molar-refractivity contribution in [1.29, 1.82) is 0 Å². The van der Waals surface area contributed by atoms with Crippen molar-refractivity contribution in [3.63, 3.8) is 0 Å². The van der Waals surface area contributed by atoms with Crippen molar-refractivity contribution in [3.05, 3.63) is 67.7 Å². The summed E-state index contributed by atoms with van der Waals surface area (Å²) in [6, 6.07) is 8.31. The maximum Gasteiger partial charge on any atom is 0.226 e. The summed E-state index contributed by atoms with van der Waals surface area (Å²) in [7, 11) is 0. The van der Waals surface area contributed by atoms with E-state index in [0.717, 1.165) is 137 Å². The number of amides is 4. The number of piperazine rings is 2. The van der Waals surface area contributed by atoms with Crippen LogP contribution in [-0.2, 0) is 54.7 Å². The van der Waals surface area contributed by atoms with Crippen LogP contribution < -0.4 is 0 Å². The van der Waals surface area contributed by atoms with Gasteiger partial charge in [-0.05, 0) is 136 Å². The Morgan fingerprint density at radius 3 is 1.19 bits per heavy atom. The summed E-state index contributed by atoms with van der Waals surface area (Å²) < 4.78 is 0. The number of halogens is 2. The van der Waals surface area contributed by atoms with Gasteiger partial charge >= 0.3 is 0 Å². The molecule has 4 atom stereocenters. The van der Waals surface area contributed by atoms with Gasteiger partial charge in [0.25, 0.3) is 0 Å². The molecule has 4 aliphatic heterocycles. The smallest absolute Gasteiger partial charge is 0.226 e. The first-order valence-corrected chi connectivity index (χ1v) is 27.3. The molecule has 0 N–H and O–H groups in total. The number of hydrogen-bond donors (Lipinski definition) is 0. The van der Waals surface area contributed by atoms with E-state index in [2.05, 4.69) is 47.3 Å². The third kappa shape index (κ3) is 14.2. The molecule has 0 radical (unpaired) electrons. The highest BCUT2D eigenvalue weighted by atomic mass is 35.5. The van der Waals surface area contributed by atoms with Gasteiger partial charge in [-0.25, -0.2) is 0 Å². The fourth-order valence-electron chi connectivity index (χ4n) is 12.4. The second-order valence-electron chi connectivity index (χ2n) is 22.0. The zero-order valence-corrected chi connectivity index (χ0v) is 44.6. The summed E-state index contributed by atoms with van der Waals surface area (Å²) in [6.45, 7) is 21.1. The normalized spacial score (nSPS) is 23.8. The second kappa shape index (κ2) is 24.7. The lowest BCUT2D eigenvalue weighted by molar-refractivity contribution is -0.140. The number of carbonyl (C=O) groups excluding carboxylic acids is 6. The van der Waals surface area contributed by atoms with Gasteiger partial charge in [0, 0.05) is 152 Å². The van der Waals surface area contributed by atoms with Crippen LogP contribution in [0, 0.1) is 37.5 Å². The van der Waals surface area contributed by atoms with E-state index in [-0.39, 0.29) is 59.1 Å². The van der Waals surface area contributed by atoms with E-state index in [4.69, 9.17) is 23.2 Å². The predicted molar refractivity (Wildman–Crippen MR) is 277 cm³/mol. The monoisotopic (exact) mass is 1000 g/mol. The SMILES string of the molecule is CC(=O)N1CC[C@@H](CC(=O)Cc2cc(Cl)cc(CN3CCN(C(=O)C4CCCC4)[C@@H](C)C3)c2C)C1.CC(=O)N1CC[C@H](CC(=O)Cc2cc(Cl)cc(CN3CCN(C(=O)C4CCCC4)[C@@H](C)C3)c2C)C1. The molecule has 2 aromatic carbocycles. The van der Waals surface area contributed by atoms with E-state index >= 15 is 0 Å². The molecule has 14 heteroatoms. The zero-order chi connectivity index (χ0) is 50.2. The minimum atomic E-state index is 0.0910. The largest absolute Gasteiger partial charge is 0.343 e. The minimum Gasteiger partial charge on any atom is -0.343 e. The molecular weight excluding hydrogens is 924 g/mol. The molecule has 0 unspecified atom stereocenters. The van der Waals surface area contributed by atoms with Gasteiger partial charge in [0.15, 0.2) is 0 Å². The molecule has 12 nitrogen and oxygen atoms in total. The van der Waals surface area contributed by atoms with Gasteiger partial charge in [-0.2, -0.15) is 0 Å². The van der Waals surface area contributed by atoms with Crippen LogP contribution in [0.2, 0.25) is 10.0 Å². The highest BCUT2D eigenvalue weighted by Gasteiger charge is 2.35. The average molecular weight is 1000 g/mol. The number of likely N-dealkylation sites (tertiary alicyclic amines) is 2. The fourth-order valence-corrected chi connectivity index (χ4v) is 12.9. The molecule has 4 heterocycles. The third-order valence-corrected chi connectivity index (χ3v) is 17.1.